The highest BCUT2D eigenvalue weighted by Gasteiger charge is 2.27. The zero-order chi connectivity index (χ0) is 19.6. The molecule has 1 saturated heterocycles. The van der Waals surface area contributed by atoms with Crippen LogP contribution in [0.3, 0.4) is 0 Å². The van der Waals surface area contributed by atoms with Crippen molar-refractivity contribution >= 4 is 22.3 Å². The minimum atomic E-state index is 0.0622. The lowest BCUT2D eigenvalue weighted by Crippen LogP contribution is -2.38. The maximum Gasteiger partial charge on any atom is 0.185 e. The van der Waals surface area contributed by atoms with Crippen LogP contribution in [0.15, 0.2) is 18.3 Å². The molecule has 0 bridgehead atoms. The SMILES string of the molecule is COc1c(C)cc(C(=O)[C@@H]2CCCN(Cc3cnc(N(C)C)s3)C2)cc1C. The summed E-state index contributed by atoms with van der Waals surface area (Å²) >= 11 is 1.72. The number of rotatable bonds is 6. The van der Waals surface area contributed by atoms with Gasteiger partial charge in [-0.25, -0.2) is 4.98 Å². The molecule has 1 aliphatic heterocycles. The Morgan fingerprint density at radius 1 is 1.33 bits per heavy atom. The first kappa shape index (κ1) is 19.8. The molecular formula is C21H29N3O2S. The van der Waals surface area contributed by atoms with Crippen LogP contribution in [-0.2, 0) is 6.54 Å². The van der Waals surface area contributed by atoms with Gasteiger partial charge in [-0.15, -0.1) is 11.3 Å². The number of carbonyl (C=O) groups is 1. The molecule has 2 heterocycles. The Labute approximate surface area is 166 Å². The zero-order valence-corrected chi connectivity index (χ0v) is 17.7. The van der Waals surface area contributed by atoms with Gasteiger partial charge in [0.1, 0.15) is 5.75 Å². The third-order valence-corrected chi connectivity index (χ3v) is 6.28. The van der Waals surface area contributed by atoms with Crippen LogP contribution in [0, 0.1) is 19.8 Å². The molecule has 0 unspecified atom stereocenters. The Bertz CT molecular complexity index is 793. The molecular weight excluding hydrogens is 358 g/mol. The molecule has 1 aliphatic rings. The largest absolute Gasteiger partial charge is 0.496 e. The van der Waals surface area contributed by atoms with Crippen LogP contribution in [0.25, 0.3) is 0 Å². The Morgan fingerprint density at radius 2 is 2.04 bits per heavy atom. The van der Waals surface area contributed by atoms with Crippen LogP contribution in [0.2, 0.25) is 0 Å². The van der Waals surface area contributed by atoms with E-state index in [0.29, 0.717) is 0 Å². The zero-order valence-electron chi connectivity index (χ0n) is 16.9. The summed E-state index contributed by atoms with van der Waals surface area (Å²) in [6.45, 7) is 6.73. The van der Waals surface area contributed by atoms with E-state index in [9.17, 15) is 4.79 Å². The van der Waals surface area contributed by atoms with Crippen molar-refractivity contribution in [3.63, 3.8) is 0 Å². The van der Waals surface area contributed by atoms with E-state index in [-0.39, 0.29) is 11.7 Å². The second-order valence-corrected chi connectivity index (χ2v) is 8.68. The summed E-state index contributed by atoms with van der Waals surface area (Å²) in [5.41, 5.74) is 2.86. The number of aromatic nitrogens is 1. The fourth-order valence-corrected chi connectivity index (χ4v) is 4.74. The molecule has 6 heteroatoms. The first-order chi connectivity index (χ1) is 12.9. The first-order valence-corrected chi connectivity index (χ1v) is 10.2. The molecule has 0 N–H and O–H groups in total. The van der Waals surface area contributed by atoms with E-state index >= 15 is 0 Å². The highest BCUT2D eigenvalue weighted by atomic mass is 32.1. The standard InChI is InChI=1S/C21H29N3O2S/c1-14-9-17(10-15(2)20(14)26-5)19(25)16-7-6-8-24(12-16)13-18-11-22-21(27-18)23(3)4/h9-11,16H,6-8,12-13H2,1-5H3/t16-/m1/s1. The van der Waals surface area contributed by atoms with Crippen molar-refractivity contribution in [3.05, 3.63) is 39.9 Å². The molecule has 5 nitrogen and oxygen atoms in total. The summed E-state index contributed by atoms with van der Waals surface area (Å²) in [4.78, 5) is 23.2. The van der Waals surface area contributed by atoms with E-state index in [1.54, 1.807) is 18.4 Å². The summed E-state index contributed by atoms with van der Waals surface area (Å²) in [7, 11) is 5.70. The number of hydrogen-bond donors (Lipinski definition) is 0. The van der Waals surface area contributed by atoms with Crippen molar-refractivity contribution in [2.75, 3.05) is 39.2 Å². The number of carbonyl (C=O) groups excluding carboxylic acids is 1. The Morgan fingerprint density at radius 3 is 2.63 bits per heavy atom. The highest BCUT2D eigenvalue weighted by molar-refractivity contribution is 7.15. The van der Waals surface area contributed by atoms with Crippen molar-refractivity contribution in [2.24, 2.45) is 5.92 Å². The summed E-state index contributed by atoms with van der Waals surface area (Å²) in [5, 5.41) is 1.03. The van der Waals surface area contributed by atoms with Crippen LogP contribution in [0.4, 0.5) is 5.13 Å². The fraction of sp³-hybridized carbons (Fsp3) is 0.524. The van der Waals surface area contributed by atoms with Gasteiger partial charge in [0.2, 0.25) is 0 Å². The van der Waals surface area contributed by atoms with Crippen molar-refractivity contribution in [3.8, 4) is 5.75 Å². The summed E-state index contributed by atoms with van der Waals surface area (Å²) < 4.78 is 5.43. The Hall–Kier alpha value is -1.92. The predicted octanol–water partition coefficient (Wildman–Crippen LogP) is 3.93. The molecule has 3 rings (SSSR count). The number of hydrogen-bond acceptors (Lipinski definition) is 6. The molecule has 1 aromatic carbocycles. The number of aryl methyl sites for hydroxylation is 2. The van der Waals surface area contributed by atoms with Gasteiger partial charge >= 0.3 is 0 Å². The molecule has 0 radical (unpaired) electrons. The highest BCUT2D eigenvalue weighted by Crippen LogP contribution is 2.29. The molecule has 146 valence electrons. The number of anilines is 1. The number of Topliss-reactive ketones (excluding diaryl/α,β-unsaturated/α-hetero) is 1. The van der Waals surface area contributed by atoms with Gasteiger partial charge in [0.15, 0.2) is 10.9 Å². The quantitative estimate of drug-likeness (QED) is 0.703. The average Bonchev–Trinajstić information content (AvgIpc) is 3.10. The van der Waals surface area contributed by atoms with E-state index in [0.717, 1.165) is 60.0 Å². The molecule has 1 fully saturated rings. The fourth-order valence-electron chi connectivity index (χ4n) is 3.86. The van der Waals surface area contributed by atoms with E-state index in [1.165, 1.54) is 4.88 Å². The predicted molar refractivity (Wildman–Crippen MR) is 111 cm³/mol. The molecule has 27 heavy (non-hydrogen) atoms. The number of thiazole rings is 1. The topological polar surface area (TPSA) is 45.7 Å². The summed E-state index contributed by atoms with van der Waals surface area (Å²) in [5.74, 6) is 1.19. The van der Waals surface area contributed by atoms with Crippen LogP contribution >= 0.6 is 11.3 Å². The van der Waals surface area contributed by atoms with Gasteiger partial charge in [-0.2, -0.15) is 0 Å². The molecule has 0 amide bonds. The molecule has 1 aromatic heterocycles. The number of likely N-dealkylation sites (tertiary alicyclic amines) is 1. The van der Waals surface area contributed by atoms with Gasteiger partial charge in [0.05, 0.1) is 7.11 Å². The minimum Gasteiger partial charge on any atom is -0.496 e. The molecule has 0 aliphatic carbocycles. The summed E-state index contributed by atoms with van der Waals surface area (Å²) in [6.07, 6.45) is 3.98. The van der Waals surface area contributed by atoms with Gasteiger partial charge in [-0.3, -0.25) is 9.69 Å². The minimum absolute atomic E-state index is 0.0622. The maximum atomic E-state index is 13.1. The number of ketones is 1. The van der Waals surface area contributed by atoms with Gasteiger partial charge in [-0.1, -0.05) is 0 Å². The number of ether oxygens (including phenoxy) is 1. The van der Waals surface area contributed by atoms with E-state index in [1.807, 2.05) is 51.2 Å². The average molecular weight is 388 g/mol. The third kappa shape index (κ3) is 4.50. The molecule has 0 spiro atoms. The van der Waals surface area contributed by atoms with Crippen LogP contribution in [-0.4, -0.2) is 50.0 Å². The maximum absolute atomic E-state index is 13.1. The molecule has 2 aromatic rings. The second-order valence-electron chi connectivity index (χ2n) is 7.59. The monoisotopic (exact) mass is 387 g/mol. The van der Waals surface area contributed by atoms with Crippen molar-refractivity contribution < 1.29 is 9.53 Å². The van der Waals surface area contributed by atoms with E-state index in [2.05, 4.69) is 9.88 Å². The lowest BCUT2D eigenvalue weighted by molar-refractivity contribution is 0.0812. The van der Waals surface area contributed by atoms with E-state index in [4.69, 9.17) is 4.74 Å². The molecule has 1 atom stereocenters. The summed E-state index contributed by atoms with van der Waals surface area (Å²) in [6, 6.07) is 3.94. The van der Waals surface area contributed by atoms with Crippen LogP contribution in [0.5, 0.6) is 5.75 Å². The normalized spacial score (nSPS) is 17.7. The second kappa shape index (κ2) is 8.40. The number of nitrogens with zero attached hydrogens (tertiary/aromatic N) is 3. The number of piperidine rings is 1. The lowest BCUT2D eigenvalue weighted by atomic mass is 9.88. The number of methoxy groups -OCH3 is 1. The molecule has 0 saturated carbocycles. The van der Waals surface area contributed by atoms with Gasteiger partial charge in [-0.05, 0) is 56.5 Å². The van der Waals surface area contributed by atoms with Gasteiger partial charge < -0.3 is 9.64 Å². The smallest absolute Gasteiger partial charge is 0.185 e. The van der Waals surface area contributed by atoms with Crippen molar-refractivity contribution in [1.29, 1.82) is 0 Å². The lowest BCUT2D eigenvalue weighted by Gasteiger charge is -2.31. The Balaban J connectivity index is 1.69. The first-order valence-electron chi connectivity index (χ1n) is 9.43. The van der Waals surface area contributed by atoms with Gasteiger partial charge in [0, 0.05) is 49.7 Å². The van der Waals surface area contributed by atoms with Crippen molar-refractivity contribution in [2.45, 2.75) is 33.2 Å². The van der Waals surface area contributed by atoms with E-state index < -0.39 is 0 Å². The third-order valence-electron chi connectivity index (χ3n) is 5.13. The van der Waals surface area contributed by atoms with Crippen LogP contribution < -0.4 is 9.64 Å². The van der Waals surface area contributed by atoms with Gasteiger partial charge in [0.25, 0.3) is 0 Å². The van der Waals surface area contributed by atoms with Crippen molar-refractivity contribution in [1.82, 2.24) is 9.88 Å². The van der Waals surface area contributed by atoms with Crippen LogP contribution in [0.1, 0.15) is 39.2 Å². The number of benzene rings is 1. The Kier molecular flexibility index (Phi) is 6.17.